The van der Waals surface area contributed by atoms with Crippen LogP contribution in [0.2, 0.25) is 0 Å². The Labute approximate surface area is 153 Å². The monoisotopic (exact) mass is 362 g/mol. The highest BCUT2D eigenvalue weighted by Gasteiger charge is 2.21. The van der Waals surface area contributed by atoms with Crippen molar-refractivity contribution in [3.05, 3.63) is 102 Å². The Bertz CT molecular complexity index is 993. The minimum atomic E-state index is -3.71. The Kier molecular flexibility index (Phi) is 5.47. The van der Waals surface area contributed by atoms with E-state index in [2.05, 4.69) is 4.72 Å². The molecule has 5 heteroatoms. The van der Waals surface area contributed by atoms with Gasteiger partial charge in [0.2, 0.25) is 10.0 Å². The van der Waals surface area contributed by atoms with Crippen LogP contribution in [0.4, 0.5) is 0 Å². The van der Waals surface area contributed by atoms with Crippen LogP contribution in [0.3, 0.4) is 0 Å². The summed E-state index contributed by atoms with van der Waals surface area (Å²) in [7, 11) is -3.71. The molecule has 0 bridgehead atoms. The van der Waals surface area contributed by atoms with Crippen LogP contribution in [0.1, 0.15) is 22.7 Å². The van der Waals surface area contributed by atoms with Gasteiger partial charge in [0.1, 0.15) is 0 Å². The third-order valence-corrected chi connectivity index (χ3v) is 5.56. The first-order valence-electron chi connectivity index (χ1n) is 8.20. The van der Waals surface area contributed by atoms with Crippen LogP contribution in [-0.2, 0) is 16.4 Å². The summed E-state index contributed by atoms with van der Waals surface area (Å²) in [5, 5.41) is 8.87. The molecule has 0 unspecified atom stereocenters. The highest BCUT2D eigenvalue weighted by atomic mass is 32.2. The van der Waals surface area contributed by atoms with Gasteiger partial charge in [-0.1, -0.05) is 60.7 Å². The van der Waals surface area contributed by atoms with Gasteiger partial charge in [-0.15, -0.1) is 0 Å². The van der Waals surface area contributed by atoms with E-state index >= 15 is 0 Å². The molecule has 0 heterocycles. The molecule has 0 amide bonds. The number of nitrogens with zero attached hydrogens (tertiary/aromatic N) is 1. The van der Waals surface area contributed by atoms with Gasteiger partial charge in [-0.2, -0.15) is 5.26 Å². The number of nitriles is 1. The summed E-state index contributed by atoms with van der Waals surface area (Å²) < 4.78 is 28.4. The van der Waals surface area contributed by atoms with Gasteiger partial charge in [0.25, 0.3) is 0 Å². The first kappa shape index (κ1) is 17.9. The zero-order chi connectivity index (χ0) is 18.4. The fraction of sp³-hybridized carbons (Fsp3) is 0.0952. The SMILES string of the molecule is N#Cc1ccc(S(=O)(=O)N[C@@H](Cc2ccccc2)c2ccccc2)cc1. The summed E-state index contributed by atoms with van der Waals surface area (Å²) in [5.74, 6) is 0. The molecule has 0 aliphatic rings. The first-order chi connectivity index (χ1) is 12.6. The van der Waals surface area contributed by atoms with Crippen LogP contribution in [0, 0.1) is 11.3 Å². The molecule has 0 saturated heterocycles. The lowest BCUT2D eigenvalue weighted by atomic mass is 10.00. The fourth-order valence-electron chi connectivity index (χ4n) is 2.73. The minimum absolute atomic E-state index is 0.144. The summed E-state index contributed by atoms with van der Waals surface area (Å²) in [6.07, 6.45) is 0.542. The molecule has 130 valence electrons. The van der Waals surface area contributed by atoms with Crippen LogP contribution in [0.25, 0.3) is 0 Å². The minimum Gasteiger partial charge on any atom is -0.207 e. The fourth-order valence-corrected chi connectivity index (χ4v) is 3.95. The number of hydrogen-bond donors (Lipinski definition) is 1. The van der Waals surface area contributed by atoms with E-state index in [0.717, 1.165) is 11.1 Å². The number of hydrogen-bond acceptors (Lipinski definition) is 3. The summed E-state index contributed by atoms with van der Waals surface area (Å²) in [4.78, 5) is 0.144. The molecule has 0 fully saturated rings. The third-order valence-electron chi connectivity index (χ3n) is 4.08. The van der Waals surface area contributed by atoms with Gasteiger partial charge in [0, 0.05) is 0 Å². The maximum absolute atomic E-state index is 12.8. The maximum Gasteiger partial charge on any atom is 0.241 e. The zero-order valence-corrected chi connectivity index (χ0v) is 14.9. The maximum atomic E-state index is 12.8. The lowest BCUT2D eigenvalue weighted by Gasteiger charge is -2.19. The Balaban J connectivity index is 1.90. The molecular formula is C21H18N2O2S. The molecule has 0 spiro atoms. The number of benzene rings is 3. The number of nitrogens with one attached hydrogen (secondary N) is 1. The summed E-state index contributed by atoms with van der Waals surface area (Å²) in [6.45, 7) is 0. The molecule has 0 saturated carbocycles. The molecule has 1 N–H and O–H groups in total. The highest BCUT2D eigenvalue weighted by Crippen LogP contribution is 2.21. The van der Waals surface area contributed by atoms with Crippen molar-refractivity contribution in [1.29, 1.82) is 5.26 Å². The standard InChI is InChI=1S/C21H18N2O2S/c22-16-18-11-13-20(14-12-18)26(24,25)23-21(19-9-5-2-6-10-19)15-17-7-3-1-4-8-17/h1-14,21,23H,15H2/t21-/m0/s1. The third kappa shape index (κ3) is 4.37. The van der Waals surface area contributed by atoms with E-state index in [0.29, 0.717) is 12.0 Å². The van der Waals surface area contributed by atoms with Gasteiger partial charge in [-0.05, 0) is 41.8 Å². The van der Waals surface area contributed by atoms with Crippen molar-refractivity contribution >= 4 is 10.0 Å². The molecule has 0 aliphatic heterocycles. The predicted molar refractivity (Wildman–Crippen MR) is 101 cm³/mol. The molecule has 0 radical (unpaired) electrons. The van der Waals surface area contributed by atoms with E-state index < -0.39 is 10.0 Å². The summed E-state index contributed by atoms with van der Waals surface area (Å²) in [5.41, 5.74) is 2.37. The largest absolute Gasteiger partial charge is 0.241 e. The predicted octanol–water partition coefficient (Wildman–Crippen LogP) is 3.82. The summed E-state index contributed by atoms with van der Waals surface area (Å²) in [6, 6.07) is 26.8. The molecule has 4 nitrogen and oxygen atoms in total. The topological polar surface area (TPSA) is 70.0 Å². The van der Waals surface area contributed by atoms with Crippen molar-refractivity contribution in [2.75, 3.05) is 0 Å². The quantitative estimate of drug-likeness (QED) is 0.725. The molecule has 3 aromatic carbocycles. The Morgan fingerprint density at radius 1 is 0.846 bits per heavy atom. The molecule has 1 atom stereocenters. The zero-order valence-electron chi connectivity index (χ0n) is 14.0. The van der Waals surface area contributed by atoms with Crippen molar-refractivity contribution in [3.8, 4) is 6.07 Å². The van der Waals surface area contributed by atoms with E-state index in [4.69, 9.17) is 5.26 Å². The molecule has 3 aromatic rings. The number of rotatable bonds is 6. The van der Waals surface area contributed by atoms with Crippen LogP contribution in [0.15, 0.2) is 89.8 Å². The Morgan fingerprint density at radius 2 is 1.42 bits per heavy atom. The second-order valence-corrected chi connectivity index (χ2v) is 7.62. The van der Waals surface area contributed by atoms with Gasteiger partial charge in [-0.25, -0.2) is 13.1 Å². The molecule has 26 heavy (non-hydrogen) atoms. The smallest absolute Gasteiger partial charge is 0.207 e. The molecular weight excluding hydrogens is 344 g/mol. The van der Waals surface area contributed by atoms with E-state index in [9.17, 15) is 8.42 Å². The van der Waals surface area contributed by atoms with E-state index in [1.807, 2.05) is 66.7 Å². The lowest BCUT2D eigenvalue weighted by Crippen LogP contribution is -2.30. The molecule has 0 aliphatic carbocycles. The average Bonchev–Trinajstić information content (AvgIpc) is 2.69. The van der Waals surface area contributed by atoms with E-state index in [1.165, 1.54) is 24.3 Å². The Hall–Kier alpha value is -2.94. The average molecular weight is 362 g/mol. The second-order valence-electron chi connectivity index (χ2n) is 5.91. The second kappa shape index (κ2) is 7.96. The van der Waals surface area contributed by atoms with Crippen molar-refractivity contribution < 1.29 is 8.42 Å². The van der Waals surface area contributed by atoms with Crippen molar-refractivity contribution in [2.45, 2.75) is 17.4 Å². The van der Waals surface area contributed by atoms with E-state index in [-0.39, 0.29) is 10.9 Å². The van der Waals surface area contributed by atoms with Gasteiger partial charge in [-0.3, -0.25) is 0 Å². The first-order valence-corrected chi connectivity index (χ1v) is 9.68. The van der Waals surface area contributed by atoms with E-state index in [1.54, 1.807) is 0 Å². The van der Waals surface area contributed by atoms with Gasteiger partial charge in [0.15, 0.2) is 0 Å². The van der Waals surface area contributed by atoms with Crippen molar-refractivity contribution in [2.24, 2.45) is 0 Å². The molecule has 0 aromatic heterocycles. The van der Waals surface area contributed by atoms with Gasteiger partial charge < -0.3 is 0 Å². The summed E-state index contributed by atoms with van der Waals surface area (Å²) >= 11 is 0. The normalized spacial score (nSPS) is 12.3. The van der Waals surface area contributed by atoms with Crippen molar-refractivity contribution in [3.63, 3.8) is 0 Å². The lowest BCUT2D eigenvalue weighted by molar-refractivity contribution is 0.555. The van der Waals surface area contributed by atoms with Crippen LogP contribution in [0.5, 0.6) is 0 Å². The molecule has 3 rings (SSSR count). The van der Waals surface area contributed by atoms with Crippen molar-refractivity contribution in [1.82, 2.24) is 4.72 Å². The highest BCUT2D eigenvalue weighted by molar-refractivity contribution is 7.89. The number of sulfonamides is 1. The Morgan fingerprint density at radius 3 is 2.00 bits per heavy atom. The van der Waals surface area contributed by atoms with Crippen LogP contribution in [-0.4, -0.2) is 8.42 Å². The van der Waals surface area contributed by atoms with Gasteiger partial charge in [0.05, 0.1) is 22.6 Å². The van der Waals surface area contributed by atoms with Gasteiger partial charge >= 0.3 is 0 Å². The van der Waals surface area contributed by atoms with Crippen LogP contribution >= 0.6 is 0 Å². The van der Waals surface area contributed by atoms with Crippen LogP contribution < -0.4 is 4.72 Å².